The summed E-state index contributed by atoms with van der Waals surface area (Å²) in [6, 6.07) is 14.3. The Morgan fingerprint density at radius 1 is 1.20 bits per heavy atom. The molecule has 0 spiro atoms. The summed E-state index contributed by atoms with van der Waals surface area (Å²) in [7, 11) is 0. The summed E-state index contributed by atoms with van der Waals surface area (Å²) in [5.41, 5.74) is 2.34. The number of carbonyl (C=O) groups excluding carboxylic acids is 2. The maximum atomic E-state index is 12.4. The molecule has 0 radical (unpaired) electrons. The van der Waals surface area contributed by atoms with E-state index in [0.717, 1.165) is 22.2 Å². The van der Waals surface area contributed by atoms with Gasteiger partial charge in [0, 0.05) is 11.3 Å². The van der Waals surface area contributed by atoms with E-state index < -0.39 is 18.4 Å². The molecule has 1 aliphatic heterocycles. The van der Waals surface area contributed by atoms with Crippen LogP contribution in [0.4, 0.5) is 5.69 Å². The molecule has 3 rings (SSSR count). The second-order valence-electron chi connectivity index (χ2n) is 6.40. The average molecular weight is 443 g/mol. The highest BCUT2D eigenvalue weighted by molar-refractivity contribution is 8.26. The lowest BCUT2D eigenvalue weighted by atomic mass is 10.2. The first kappa shape index (κ1) is 21.5. The third kappa shape index (κ3) is 5.46. The van der Waals surface area contributed by atoms with Gasteiger partial charge in [-0.05, 0) is 31.2 Å². The molecule has 0 unspecified atom stereocenters. The highest BCUT2D eigenvalue weighted by Gasteiger charge is 2.33. The van der Waals surface area contributed by atoms with Crippen LogP contribution in [-0.2, 0) is 14.4 Å². The summed E-state index contributed by atoms with van der Waals surface area (Å²) in [6.45, 7) is 1.26. The number of aryl methyl sites for hydroxylation is 1. The minimum absolute atomic E-state index is 0.185. The summed E-state index contributed by atoms with van der Waals surface area (Å²) in [5.74, 6) is -1.52. The molecule has 9 heteroatoms. The lowest BCUT2D eigenvalue weighted by Gasteiger charge is -2.11. The normalized spacial score (nSPS) is 14.8. The number of benzene rings is 2. The van der Waals surface area contributed by atoms with Crippen LogP contribution in [0, 0.1) is 6.92 Å². The van der Waals surface area contributed by atoms with Crippen LogP contribution < -0.4 is 10.1 Å². The van der Waals surface area contributed by atoms with Crippen molar-refractivity contribution in [3.8, 4) is 5.75 Å². The Morgan fingerprint density at radius 2 is 1.90 bits per heavy atom. The number of carboxylic acid groups (broad SMARTS) is 1. The van der Waals surface area contributed by atoms with E-state index in [0.29, 0.717) is 21.9 Å². The van der Waals surface area contributed by atoms with Crippen molar-refractivity contribution in [1.82, 2.24) is 4.90 Å². The van der Waals surface area contributed by atoms with Crippen molar-refractivity contribution < 1.29 is 24.2 Å². The van der Waals surface area contributed by atoms with E-state index in [1.165, 1.54) is 0 Å². The number of hydrogen-bond acceptors (Lipinski definition) is 6. The first-order valence-electron chi connectivity index (χ1n) is 8.89. The smallest absolute Gasteiger partial charge is 0.323 e. The fourth-order valence-corrected chi connectivity index (χ4v) is 3.87. The first-order valence-corrected chi connectivity index (χ1v) is 10.1. The quantitative estimate of drug-likeness (QED) is 0.502. The van der Waals surface area contributed by atoms with Gasteiger partial charge in [-0.1, -0.05) is 59.9 Å². The number of rotatable bonds is 7. The van der Waals surface area contributed by atoms with Crippen molar-refractivity contribution in [2.45, 2.75) is 6.92 Å². The minimum Gasteiger partial charge on any atom is -0.483 e. The number of thiocarbonyl (C=S) groups is 1. The Bertz CT molecular complexity index is 1030. The summed E-state index contributed by atoms with van der Waals surface area (Å²) < 4.78 is 5.83. The van der Waals surface area contributed by atoms with Gasteiger partial charge >= 0.3 is 5.97 Å². The van der Waals surface area contributed by atoms with Crippen LogP contribution in [0.1, 0.15) is 11.1 Å². The topological polar surface area (TPSA) is 95.9 Å². The first-order chi connectivity index (χ1) is 14.3. The summed E-state index contributed by atoms with van der Waals surface area (Å²) in [4.78, 5) is 36.9. The van der Waals surface area contributed by atoms with E-state index in [1.54, 1.807) is 42.5 Å². The minimum atomic E-state index is -1.14. The van der Waals surface area contributed by atoms with Gasteiger partial charge in [0.15, 0.2) is 6.61 Å². The molecule has 2 amide bonds. The molecule has 1 saturated heterocycles. The van der Waals surface area contributed by atoms with Crippen LogP contribution >= 0.6 is 24.0 Å². The van der Waals surface area contributed by atoms with Crippen LogP contribution in [0.25, 0.3) is 6.08 Å². The molecule has 2 aromatic rings. The van der Waals surface area contributed by atoms with E-state index in [4.69, 9.17) is 22.1 Å². The van der Waals surface area contributed by atoms with Crippen LogP contribution in [0.3, 0.4) is 0 Å². The SMILES string of the molecule is Cc1ccc(NC(=O)COc2ccccc2/C=C2\SC(=S)N(CC(=O)O)C2=O)cc1. The monoisotopic (exact) mass is 442 g/mol. The highest BCUT2D eigenvalue weighted by Crippen LogP contribution is 2.34. The van der Waals surface area contributed by atoms with Gasteiger partial charge in [-0.2, -0.15) is 0 Å². The summed E-state index contributed by atoms with van der Waals surface area (Å²) >= 11 is 6.12. The van der Waals surface area contributed by atoms with E-state index >= 15 is 0 Å². The van der Waals surface area contributed by atoms with Gasteiger partial charge in [0.25, 0.3) is 11.8 Å². The zero-order valence-corrected chi connectivity index (χ0v) is 17.6. The summed E-state index contributed by atoms with van der Waals surface area (Å²) in [6.07, 6.45) is 1.58. The highest BCUT2D eigenvalue weighted by atomic mass is 32.2. The van der Waals surface area contributed by atoms with E-state index in [2.05, 4.69) is 5.32 Å². The maximum absolute atomic E-state index is 12.4. The Kier molecular flexibility index (Phi) is 6.86. The van der Waals surface area contributed by atoms with Crippen LogP contribution in [0.5, 0.6) is 5.75 Å². The van der Waals surface area contributed by atoms with Crippen molar-refractivity contribution in [3.05, 3.63) is 64.6 Å². The molecule has 1 fully saturated rings. The van der Waals surface area contributed by atoms with Gasteiger partial charge < -0.3 is 15.2 Å². The van der Waals surface area contributed by atoms with Crippen molar-refractivity contribution in [1.29, 1.82) is 0 Å². The third-order valence-corrected chi connectivity index (χ3v) is 5.44. The average Bonchev–Trinajstić information content (AvgIpc) is 2.96. The number of hydrogen-bond donors (Lipinski definition) is 2. The van der Waals surface area contributed by atoms with Crippen molar-refractivity contribution >= 4 is 57.8 Å². The van der Waals surface area contributed by atoms with Gasteiger partial charge in [0.1, 0.15) is 16.6 Å². The standard InChI is InChI=1S/C21H18N2O5S2/c1-13-6-8-15(9-7-13)22-18(24)12-28-16-5-3-2-4-14(16)10-17-20(27)23(11-19(25)26)21(29)30-17/h2-10H,11-12H2,1H3,(H,22,24)(H,25,26)/b17-10-. The molecule has 1 aliphatic rings. The van der Waals surface area contributed by atoms with Gasteiger partial charge in [0.2, 0.25) is 0 Å². The van der Waals surface area contributed by atoms with Crippen LogP contribution in [0.15, 0.2) is 53.4 Å². The second-order valence-corrected chi connectivity index (χ2v) is 8.08. The predicted molar refractivity (Wildman–Crippen MR) is 119 cm³/mol. The van der Waals surface area contributed by atoms with E-state index in [1.807, 2.05) is 19.1 Å². The number of thioether (sulfide) groups is 1. The fraction of sp³-hybridized carbons (Fsp3) is 0.143. The largest absolute Gasteiger partial charge is 0.483 e. The lowest BCUT2D eigenvalue weighted by Crippen LogP contribution is -2.33. The molecule has 0 aliphatic carbocycles. The molecule has 2 aromatic carbocycles. The van der Waals surface area contributed by atoms with Crippen molar-refractivity contribution in [3.63, 3.8) is 0 Å². The molecule has 7 nitrogen and oxygen atoms in total. The number of ether oxygens (including phenoxy) is 1. The fourth-order valence-electron chi connectivity index (χ4n) is 2.62. The van der Waals surface area contributed by atoms with Crippen molar-refractivity contribution in [2.75, 3.05) is 18.5 Å². The zero-order valence-electron chi connectivity index (χ0n) is 16.0. The number of nitrogens with one attached hydrogen (secondary N) is 1. The predicted octanol–water partition coefficient (Wildman–Crippen LogP) is 3.30. The molecule has 1 heterocycles. The van der Waals surface area contributed by atoms with Crippen LogP contribution in [0.2, 0.25) is 0 Å². The van der Waals surface area contributed by atoms with Crippen molar-refractivity contribution in [2.24, 2.45) is 0 Å². The summed E-state index contributed by atoms with van der Waals surface area (Å²) in [5, 5.41) is 11.7. The number of aliphatic carboxylic acids is 1. The number of amides is 2. The number of carbonyl (C=O) groups is 3. The number of anilines is 1. The molecule has 0 bridgehead atoms. The van der Waals surface area contributed by atoms with Gasteiger partial charge in [-0.3, -0.25) is 19.3 Å². The molecule has 154 valence electrons. The number of para-hydroxylation sites is 1. The lowest BCUT2D eigenvalue weighted by molar-refractivity contribution is -0.140. The van der Waals surface area contributed by atoms with Crippen LogP contribution in [-0.4, -0.2) is 45.3 Å². The van der Waals surface area contributed by atoms with Gasteiger partial charge in [-0.25, -0.2) is 0 Å². The Hall–Kier alpha value is -3.17. The molecule has 30 heavy (non-hydrogen) atoms. The molecule has 2 N–H and O–H groups in total. The molecular formula is C21H18N2O5S2. The van der Waals surface area contributed by atoms with Gasteiger partial charge in [0.05, 0.1) is 4.91 Å². The second kappa shape index (κ2) is 9.55. The third-order valence-electron chi connectivity index (χ3n) is 4.07. The maximum Gasteiger partial charge on any atom is 0.323 e. The molecule has 0 saturated carbocycles. The number of carboxylic acids is 1. The number of nitrogens with zero attached hydrogens (tertiary/aromatic N) is 1. The van der Waals surface area contributed by atoms with Gasteiger partial charge in [-0.15, -0.1) is 0 Å². The van der Waals surface area contributed by atoms with E-state index in [-0.39, 0.29) is 16.8 Å². The Labute approximate surface area is 182 Å². The Balaban J connectivity index is 1.69. The molecule has 0 aromatic heterocycles. The Morgan fingerprint density at radius 3 is 2.60 bits per heavy atom. The van der Waals surface area contributed by atoms with E-state index in [9.17, 15) is 14.4 Å². The molecule has 0 atom stereocenters. The zero-order chi connectivity index (χ0) is 21.7. The molecular weight excluding hydrogens is 424 g/mol.